The first-order valence-electron chi connectivity index (χ1n) is 12.2. The summed E-state index contributed by atoms with van der Waals surface area (Å²) in [5.41, 5.74) is 5.11. The smallest absolute Gasteiger partial charge is 0.234 e. The van der Waals surface area contributed by atoms with Gasteiger partial charge in [0.2, 0.25) is 11.8 Å². The Bertz CT molecular complexity index is 1010. The molecule has 1 aliphatic heterocycles. The molecule has 10 rings (SSSR count). The van der Waals surface area contributed by atoms with Gasteiger partial charge in [-0.1, -0.05) is 48.5 Å². The lowest BCUT2D eigenvalue weighted by atomic mass is 9.54. The predicted octanol–water partition coefficient (Wildman–Crippen LogP) is 4.70. The maximum atomic E-state index is 14.1. The lowest BCUT2D eigenvalue weighted by molar-refractivity contribution is -0.153. The zero-order valence-electron chi connectivity index (χ0n) is 17.6. The highest BCUT2D eigenvalue weighted by molar-refractivity contribution is 6.08. The molecule has 0 N–H and O–H groups in total. The van der Waals surface area contributed by atoms with Crippen LogP contribution < -0.4 is 0 Å². The van der Waals surface area contributed by atoms with Crippen molar-refractivity contribution in [3.8, 4) is 0 Å². The summed E-state index contributed by atoms with van der Waals surface area (Å²) in [5, 5.41) is 0. The molecule has 6 bridgehead atoms. The highest BCUT2D eigenvalue weighted by atomic mass is 16.2. The van der Waals surface area contributed by atoms with Gasteiger partial charge in [0.25, 0.3) is 0 Å². The standard InChI is InChI=1S/C28H27NO2/c30-27-24-22-18-5-1-2-6-19(18)23(21-8-4-3-7-20(21)22)25(24)28(31)29(27)26-16-10-14-9-15(12-16)13-17(26)11-14/h1-8,14-17,22-26H,9-13H2/t14?,15?,16?,17?,22?,23?,24-,25-,26?/m1/s1. The van der Waals surface area contributed by atoms with E-state index in [1.54, 1.807) is 0 Å². The maximum absolute atomic E-state index is 14.1. The molecule has 7 aliphatic carbocycles. The van der Waals surface area contributed by atoms with Gasteiger partial charge in [-0.2, -0.15) is 0 Å². The number of rotatable bonds is 1. The van der Waals surface area contributed by atoms with Gasteiger partial charge in [0.15, 0.2) is 0 Å². The summed E-state index contributed by atoms with van der Waals surface area (Å²) in [4.78, 5) is 30.0. The van der Waals surface area contributed by atoms with Crippen molar-refractivity contribution in [2.24, 2.45) is 35.5 Å². The number of carbonyl (C=O) groups is 2. The number of benzene rings is 2. The molecule has 4 saturated carbocycles. The monoisotopic (exact) mass is 409 g/mol. The third kappa shape index (κ3) is 1.98. The molecule has 3 heteroatoms. The van der Waals surface area contributed by atoms with Crippen LogP contribution in [0.25, 0.3) is 0 Å². The van der Waals surface area contributed by atoms with Gasteiger partial charge in [0.05, 0.1) is 11.8 Å². The Hall–Kier alpha value is -2.42. The van der Waals surface area contributed by atoms with Gasteiger partial charge < -0.3 is 0 Å². The molecule has 0 spiro atoms. The molecular formula is C28H27NO2. The molecule has 2 aromatic carbocycles. The third-order valence-electron chi connectivity index (χ3n) is 9.96. The molecule has 3 nitrogen and oxygen atoms in total. The lowest BCUT2D eigenvalue weighted by Gasteiger charge is -2.56. The number of hydrogen-bond donors (Lipinski definition) is 0. The number of imide groups is 1. The minimum absolute atomic E-state index is 0.0284. The average Bonchev–Trinajstić information content (AvgIpc) is 3.04. The van der Waals surface area contributed by atoms with E-state index in [9.17, 15) is 9.59 Å². The molecule has 0 aromatic heterocycles. The van der Waals surface area contributed by atoms with Crippen LogP contribution in [0.1, 0.15) is 66.2 Å². The topological polar surface area (TPSA) is 37.4 Å². The number of hydrogen-bond acceptors (Lipinski definition) is 2. The highest BCUT2D eigenvalue weighted by Crippen LogP contribution is 2.63. The number of likely N-dealkylation sites (tertiary alicyclic amines) is 1. The molecule has 2 atom stereocenters. The minimum atomic E-state index is -0.209. The molecule has 0 unspecified atom stereocenters. The van der Waals surface area contributed by atoms with Gasteiger partial charge in [-0.3, -0.25) is 14.5 Å². The molecule has 2 amide bonds. The van der Waals surface area contributed by atoms with Crippen LogP contribution in [-0.4, -0.2) is 22.8 Å². The van der Waals surface area contributed by atoms with E-state index in [0.717, 1.165) is 11.8 Å². The Morgan fingerprint density at radius 3 is 1.35 bits per heavy atom. The maximum Gasteiger partial charge on any atom is 0.234 e. The van der Waals surface area contributed by atoms with Gasteiger partial charge in [0.1, 0.15) is 0 Å². The van der Waals surface area contributed by atoms with E-state index in [-0.39, 0.29) is 41.5 Å². The van der Waals surface area contributed by atoms with E-state index >= 15 is 0 Å². The summed E-state index contributed by atoms with van der Waals surface area (Å²) in [5.74, 6) is 2.72. The largest absolute Gasteiger partial charge is 0.278 e. The fraction of sp³-hybridized carbons (Fsp3) is 0.500. The summed E-state index contributed by atoms with van der Waals surface area (Å²) in [6, 6.07) is 17.3. The molecule has 1 heterocycles. The third-order valence-corrected chi connectivity index (χ3v) is 9.96. The highest BCUT2D eigenvalue weighted by Gasteiger charge is 2.64. The zero-order chi connectivity index (χ0) is 20.4. The van der Waals surface area contributed by atoms with Gasteiger partial charge in [-0.05, 0) is 78.0 Å². The van der Waals surface area contributed by atoms with E-state index in [4.69, 9.17) is 0 Å². The van der Waals surface area contributed by atoms with E-state index < -0.39 is 0 Å². The second kappa shape index (κ2) is 5.68. The van der Waals surface area contributed by atoms with Crippen molar-refractivity contribution in [3.05, 3.63) is 70.8 Å². The van der Waals surface area contributed by atoms with Crippen LogP contribution in [0.3, 0.4) is 0 Å². The molecule has 31 heavy (non-hydrogen) atoms. The van der Waals surface area contributed by atoms with Crippen molar-refractivity contribution in [3.63, 3.8) is 0 Å². The van der Waals surface area contributed by atoms with Gasteiger partial charge in [-0.25, -0.2) is 0 Å². The Kier molecular flexibility index (Phi) is 3.15. The van der Waals surface area contributed by atoms with Crippen LogP contribution in [0, 0.1) is 35.5 Å². The predicted molar refractivity (Wildman–Crippen MR) is 116 cm³/mol. The van der Waals surface area contributed by atoms with Crippen molar-refractivity contribution in [2.45, 2.75) is 50.0 Å². The van der Waals surface area contributed by atoms with Crippen LogP contribution >= 0.6 is 0 Å². The quantitative estimate of drug-likeness (QED) is 0.640. The summed E-state index contributed by atoms with van der Waals surface area (Å²) in [7, 11) is 0. The SMILES string of the molecule is O=C1[C@@H]2C3c4ccccc4C(c4ccccc43)[C@H]2C(=O)N1C1C2CC3CC(C2)CC1C3. The molecule has 2 aromatic rings. The van der Waals surface area contributed by atoms with Crippen LogP contribution in [0.2, 0.25) is 0 Å². The first kappa shape index (κ1) is 17.2. The molecule has 0 radical (unpaired) electrons. The van der Waals surface area contributed by atoms with Crippen molar-refractivity contribution < 1.29 is 9.59 Å². The molecular weight excluding hydrogens is 382 g/mol. The van der Waals surface area contributed by atoms with Crippen molar-refractivity contribution in [1.82, 2.24) is 4.90 Å². The minimum Gasteiger partial charge on any atom is -0.278 e. The molecule has 1 saturated heterocycles. The van der Waals surface area contributed by atoms with Gasteiger partial charge in [-0.15, -0.1) is 0 Å². The number of carbonyl (C=O) groups excluding carboxylic acids is 2. The van der Waals surface area contributed by atoms with E-state index in [1.807, 2.05) is 4.90 Å². The first-order valence-corrected chi connectivity index (χ1v) is 12.2. The summed E-state index contributed by atoms with van der Waals surface area (Å²) >= 11 is 0. The summed E-state index contributed by atoms with van der Waals surface area (Å²) in [6.07, 6.45) is 6.32. The van der Waals surface area contributed by atoms with E-state index in [2.05, 4.69) is 48.5 Å². The summed E-state index contributed by atoms with van der Waals surface area (Å²) < 4.78 is 0. The fourth-order valence-electron chi connectivity index (χ4n) is 9.31. The van der Waals surface area contributed by atoms with Crippen LogP contribution in [0.15, 0.2) is 48.5 Å². The normalized spacial score (nSPS) is 43.2. The van der Waals surface area contributed by atoms with E-state index in [1.165, 1.54) is 54.4 Å². The Balaban J connectivity index is 1.27. The second-order valence-corrected chi connectivity index (χ2v) is 11.2. The zero-order valence-corrected chi connectivity index (χ0v) is 17.6. The van der Waals surface area contributed by atoms with Crippen molar-refractivity contribution in [2.75, 3.05) is 0 Å². The van der Waals surface area contributed by atoms with Crippen LogP contribution in [0.4, 0.5) is 0 Å². The van der Waals surface area contributed by atoms with Crippen molar-refractivity contribution >= 4 is 11.8 Å². The van der Waals surface area contributed by atoms with Gasteiger partial charge >= 0.3 is 0 Å². The van der Waals surface area contributed by atoms with E-state index in [0.29, 0.717) is 11.8 Å². The average molecular weight is 410 g/mol. The van der Waals surface area contributed by atoms with Crippen LogP contribution in [-0.2, 0) is 9.59 Å². The fourth-order valence-corrected chi connectivity index (χ4v) is 9.31. The number of amides is 2. The Labute approximate surface area is 182 Å². The number of nitrogens with zero attached hydrogens (tertiary/aromatic N) is 1. The second-order valence-electron chi connectivity index (χ2n) is 11.2. The summed E-state index contributed by atoms with van der Waals surface area (Å²) in [6.45, 7) is 0. The Morgan fingerprint density at radius 2 is 0.968 bits per heavy atom. The van der Waals surface area contributed by atoms with Crippen molar-refractivity contribution in [1.29, 1.82) is 0 Å². The van der Waals surface area contributed by atoms with Gasteiger partial charge in [0, 0.05) is 17.9 Å². The molecule has 156 valence electrons. The molecule has 5 fully saturated rings. The van der Waals surface area contributed by atoms with Crippen LogP contribution in [0.5, 0.6) is 0 Å². The Morgan fingerprint density at radius 1 is 0.581 bits per heavy atom. The molecule has 8 aliphatic rings. The lowest BCUT2D eigenvalue weighted by Crippen LogP contribution is -2.57. The first-order chi connectivity index (χ1) is 15.2.